The summed E-state index contributed by atoms with van der Waals surface area (Å²) >= 11 is 0. The number of aryl methyl sites for hydroxylation is 3. The van der Waals surface area contributed by atoms with Crippen LogP contribution in [-0.2, 0) is 0 Å². The van der Waals surface area contributed by atoms with Gasteiger partial charge in [0.2, 0.25) is 0 Å². The molecule has 0 aliphatic carbocycles. The summed E-state index contributed by atoms with van der Waals surface area (Å²) in [6, 6.07) is 4.65. The van der Waals surface area contributed by atoms with E-state index < -0.39 is 0 Å². The lowest BCUT2D eigenvalue weighted by Crippen LogP contribution is -2.34. The van der Waals surface area contributed by atoms with Crippen molar-refractivity contribution in [3.05, 3.63) is 28.8 Å². The second-order valence-corrected chi connectivity index (χ2v) is 5.80. The molecule has 1 aliphatic rings. The van der Waals surface area contributed by atoms with Crippen molar-refractivity contribution in [2.45, 2.75) is 33.6 Å². The zero-order valence-corrected chi connectivity index (χ0v) is 12.2. The molecule has 0 unspecified atom stereocenters. The number of hydrogen-bond donors (Lipinski definition) is 1. The average Bonchev–Trinajstić information content (AvgIpc) is 2.35. The van der Waals surface area contributed by atoms with Crippen LogP contribution >= 0.6 is 0 Å². The van der Waals surface area contributed by atoms with E-state index in [2.05, 4.69) is 50.2 Å². The van der Waals surface area contributed by atoms with Crippen molar-refractivity contribution in [1.29, 1.82) is 0 Å². The van der Waals surface area contributed by atoms with Gasteiger partial charge in [0.15, 0.2) is 0 Å². The number of nitrogens with zero attached hydrogens (tertiary/aromatic N) is 1. The third-order valence-electron chi connectivity index (χ3n) is 4.21. The Morgan fingerprint density at radius 1 is 1.06 bits per heavy atom. The van der Waals surface area contributed by atoms with Gasteiger partial charge in [-0.2, -0.15) is 0 Å². The normalized spacial score (nSPS) is 16.9. The summed E-state index contributed by atoms with van der Waals surface area (Å²) < 4.78 is 0. The number of nitrogens with one attached hydrogen (secondary N) is 1. The van der Waals surface area contributed by atoms with Crippen LogP contribution in [0.3, 0.4) is 0 Å². The second-order valence-electron chi connectivity index (χ2n) is 5.80. The molecule has 18 heavy (non-hydrogen) atoms. The van der Waals surface area contributed by atoms with Crippen LogP contribution in [0.1, 0.15) is 29.5 Å². The van der Waals surface area contributed by atoms with Crippen molar-refractivity contribution in [3.63, 3.8) is 0 Å². The number of anilines is 1. The molecular weight excluding hydrogens is 220 g/mol. The van der Waals surface area contributed by atoms with Crippen molar-refractivity contribution in [3.8, 4) is 0 Å². The largest absolute Gasteiger partial charge is 0.374 e. The van der Waals surface area contributed by atoms with Gasteiger partial charge in [0.25, 0.3) is 0 Å². The lowest BCUT2D eigenvalue weighted by molar-refractivity contribution is 0.378. The van der Waals surface area contributed by atoms with Gasteiger partial charge >= 0.3 is 0 Å². The quantitative estimate of drug-likeness (QED) is 0.882. The molecule has 100 valence electrons. The maximum Gasteiger partial charge on any atom is 0.0396 e. The van der Waals surface area contributed by atoms with E-state index in [4.69, 9.17) is 0 Å². The lowest BCUT2D eigenvalue weighted by Gasteiger charge is -2.30. The van der Waals surface area contributed by atoms with Crippen molar-refractivity contribution in [1.82, 2.24) is 5.32 Å². The first-order chi connectivity index (χ1) is 8.58. The minimum atomic E-state index is 0.845. The van der Waals surface area contributed by atoms with Crippen LogP contribution in [0.15, 0.2) is 12.1 Å². The van der Waals surface area contributed by atoms with Gasteiger partial charge in [0, 0.05) is 19.3 Å². The van der Waals surface area contributed by atoms with Crippen LogP contribution < -0.4 is 10.2 Å². The summed E-state index contributed by atoms with van der Waals surface area (Å²) in [7, 11) is 2.24. The van der Waals surface area contributed by atoms with E-state index in [1.165, 1.54) is 54.9 Å². The second kappa shape index (κ2) is 5.75. The molecule has 1 aromatic carbocycles. The number of piperidine rings is 1. The van der Waals surface area contributed by atoms with Crippen LogP contribution in [0.2, 0.25) is 0 Å². The van der Waals surface area contributed by atoms with E-state index >= 15 is 0 Å². The van der Waals surface area contributed by atoms with Crippen molar-refractivity contribution in [2.75, 3.05) is 31.6 Å². The number of benzene rings is 1. The Balaban J connectivity index is 2.08. The van der Waals surface area contributed by atoms with E-state index in [9.17, 15) is 0 Å². The minimum absolute atomic E-state index is 0.845. The number of hydrogen-bond acceptors (Lipinski definition) is 2. The molecule has 0 saturated carbocycles. The molecule has 1 N–H and O–H groups in total. The maximum absolute atomic E-state index is 3.44. The fraction of sp³-hybridized carbons (Fsp3) is 0.625. The summed E-state index contributed by atoms with van der Waals surface area (Å²) in [4.78, 5) is 2.44. The molecule has 1 saturated heterocycles. The first-order valence-electron chi connectivity index (χ1n) is 7.07. The van der Waals surface area contributed by atoms with Crippen LogP contribution in [0.5, 0.6) is 0 Å². The summed E-state index contributed by atoms with van der Waals surface area (Å²) in [6.45, 7) is 10.2. The zero-order valence-electron chi connectivity index (χ0n) is 12.2. The van der Waals surface area contributed by atoms with Gasteiger partial charge in [-0.05, 0) is 75.4 Å². The Morgan fingerprint density at radius 3 is 2.33 bits per heavy atom. The van der Waals surface area contributed by atoms with Crippen LogP contribution in [0, 0.1) is 26.7 Å². The minimum Gasteiger partial charge on any atom is -0.374 e. The summed E-state index contributed by atoms with van der Waals surface area (Å²) in [5.41, 5.74) is 5.59. The first kappa shape index (κ1) is 13.4. The molecule has 0 amide bonds. The fourth-order valence-corrected chi connectivity index (χ4v) is 2.91. The summed E-state index contributed by atoms with van der Waals surface area (Å²) in [5, 5.41) is 3.44. The molecule has 1 aromatic rings. The highest BCUT2D eigenvalue weighted by atomic mass is 15.1. The highest BCUT2D eigenvalue weighted by molar-refractivity contribution is 5.56. The highest BCUT2D eigenvalue weighted by Crippen LogP contribution is 2.25. The molecule has 0 radical (unpaired) electrons. The molecule has 0 atom stereocenters. The molecule has 1 aliphatic heterocycles. The van der Waals surface area contributed by atoms with E-state index in [1.54, 1.807) is 0 Å². The lowest BCUT2D eigenvalue weighted by atomic mass is 9.97. The highest BCUT2D eigenvalue weighted by Gasteiger charge is 2.16. The van der Waals surface area contributed by atoms with Gasteiger partial charge in [0.1, 0.15) is 0 Å². The third-order valence-corrected chi connectivity index (χ3v) is 4.21. The summed E-state index contributed by atoms with van der Waals surface area (Å²) in [5.74, 6) is 0.845. The topological polar surface area (TPSA) is 15.3 Å². The predicted molar refractivity (Wildman–Crippen MR) is 79.5 cm³/mol. The summed E-state index contributed by atoms with van der Waals surface area (Å²) in [6.07, 6.45) is 2.63. The Bertz CT molecular complexity index is 406. The molecule has 1 heterocycles. The Kier molecular flexibility index (Phi) is 4.28. The van der Waals surface area contributed by atoms with Gasteiger partial charge in [0.05, 0.1) is 0 Å². The molecule has 2 rings (SSSR count). The Morgan fingerprint density at radius 2 is 1.67 bits per heavy atom. The van der Waals surface area contributed by atoms with Gasteiger partial charge < -0.3 is 10.2 Å². The SMILES string of the molecule is Cc1cc(C)c(N(C)CC2CCNCC2)cc1C. The maximum atomic E-state index is 3.44. The standard InChI is InChI=1S/C16H26N2/c1-12-9-14(3)16(10-13(12)2)18(4)11-15-5-7-17-8-6-15/h9-10,15,17H,5-8,11H2,1-4H3. The Hall–Kier alpha value is -1.02. The average molecular weight is 246 g/mol. The van der Waals surface area contributed by atoms with Crippen molar-refractivity contribution >= 4 is 5.69 Å². The fourth-order valence-electron chi connectivity index (χ4n) is 2.91. The van der Waals surface area contributed by atoms with E-state index in [1.807, 2.05) is 0 Å². The van der Waals surface area contributed by atoms with Crippen LogP contribution in [-0.4, -0.2) is 26.7 Å². The van der Waals surface area contributed by atoms with Gasteiger partial charge in [-0.15, -0.1) is 0 Å². The molecular formula is C16H26N2. The van der Waals surface area contributed by atoms with E-state index in [0.717, 1.165) is 5.92 Å². The molecule has 1 fully saturated rings. The molecule has 0 bridgehead atoms. The molecule has 2 heteroatoms. The monoisotopic (exact) mass is 246 g/mol. The first-order valence-corrected chi connectivity index (χ1v) is 7.07. The smallest absolute Gasteiger partial charge is 0.0396 e. The van der Waals surface area contributed by atoms with Crippen molar-refractivity contribution in [2.24, 2.45) is 5.92 Å². The van der Waals surface area contributed by atoms with Gasteiger partial charge in [-0.1, -0.05) is 6.07 Å². The predicted octanol–water partition coefficient (Wildman–Crippen LogP) is 3.05. The van der Waals surface area contributed by atoms with Gasteiger partial charge in [-0.3, -0.25) is 0 Å². The van der Waals surface area contributed by atoms with Crippen LogP contribution in [0.25, 0.3) is 0 Å². The Labute approximate surface area is 111 Å². The number of rotatable bonds is 3. The molecule has 2 nitrogen and oxygen atoms in total. The molecule has 0 aromatic heterocycles. The van der Waals surface area contributed by atoms with Crippen molar-refractivity contribution < 1.29 is 0 Å². The van der Waals surface area contributed by atoms with Gasteiger partial charge in [-0.25, -0.2) is 0 Å². The van der Waals surface area contributed by atoms with E-state index in [0.29, 0.717) is 0 Å². The third kappa shape index (κ3) is 3.05. The van der Waals surface area contributed by atoms with E-state index in [-0.39, 0.29) is 0 Å². The van der Waals surface area contributed by atoms with Crippen LogP contribution in [0.4, 0.5) is 5.69 Å². The molecule has 0 spiro atoms. The zero-order chi connectivity index (χ0) is 13.1.